The highest BCUT2D eigenvalue weighted by Gasteiger charge is 2.42. The lowest BCUT2D eigenvalue weighted by molar-refractivity contribution is -0.144. The fourth-order valence-electron chi connectivity index (χ4n) is 6.56. The molecule has 1 fully saturated rings. The average Bonchev–Trinajstić information content (AvgIpc) is 3.45. The molecular weight excluding hydrogens is 590 g/mol. The normalized spacial score (nSPS) is 17.1. The van der Waals surface area contributed by atoms with Crippen LogP contribution in [0.2, 0.25) is 0 Å². The van der Waals surface area contributed by atoms with E-state index in [1.54, 1.807) is 4.90 Å². The van der Waals surface area contributed by atoms with Crippen LogP contribution in [0.25, 0.3) is 0 Å². The Balaban J connectivity index is 2.66. The Hall–Kier alpha value is -1.75. The molecule has 1 rings (SSSR count). The van der Waals surface area contributed by atoms with Gasteiger partial charge < -0.3 is 36.4 Å². The van der Waals surface area contributed by atoms with E-state index in [2.05, 4.69) is 22.0 Å². The first-order valence-corrected chi connectivity index (χ1v) is 19.2. The zero-order valence-corrected chi connectivity index (χ0v) is 31.3. The molecule has 0 aromatic carbocycles. The van der Waals surface area contributed by atoms with Gasteiger partial charge in [0.25, 0.3) is 0 Å². The minimum Gasteiger partial charge on any atom is -0.351 e. The number of carbonyl (C=O) groups is 3. The minimum atomic E-state index is -0.673. The summed E-state index contributed by atoms with van der Waals surface area (Å²) >= 11 is 0. The van der Waals surface area contributed by atoms with Crippen LogP contribution in [0.5, 0.6) is 0 Å². The maximum atomic E-state index is 14.1. The van der Waals surface area contributed by atoms with Crippen LogP contribution in [-0.4, -0.2) is 123 Å². The van der Waals surface area contributed by atoms with Crippen molar-refractivity contribution in [3.8, 4) is 0 Å². The van der Waals surface area contributed by atoms with Crippen molar-refractivity contribution in [3.05, 3.63) is 0 Å². The number of nitrogens with one attached hydrogen (secondary N) is 1. The third-order valence-corrected chi connectivity index (χ3v) is 9.41. The number of unbranched alkanes of at least 4 members (excludes halogenated alkanes) is 13. The minimum absolute atomic E-state index is 0.0136. The Bertz CT molecular complexity index is 812. The highest BCUT2D eigenvalue weighted by molar-refractivity contribution is 5.91. The first-order valence-electron chi connectivity index (χ1n) is 19.2. The summed E-state index contributed by atoms with van der Waals surface area (Å²) in [6.07, 6.45) is 21.3. The topological polar surface area (TPSA) is 128 Å². The van der Waals surface area contributed by atoms with Crippen molar-refractivity contribution in [2.45, 2.75) is 153 Å². The van der Waals surface area contributed by atoms with Crippen LogP contribution in [0.4, 0.5) is 0 Å². The van der Waals surface area contributed by atoms with E-state index in [1.807, 2.05) is 33.1 Å². The van der Waals surface area contributed by atoms with Gasteiger partial charge in [0.05, 0.1) is 6.04 Å². The van der Waals surface area contributed by atoms with Gasteiger partial charge in [0.15, 0.2) is 0 Å². The Labute approximate surface area is 289 Å². The fourth-order valence-corrected chi connectivity index (χ4v) is 6.56. The average molecular weight is 666 g/mol. The Kier molecular flexibility index (Phi) is 25.0. The second-order valence-electron chi connectivity index (χ2n) is 14.5. The van der Waals surface area contributed by atoms with Crippen LogP contribution in [0.15, 0.2) is 0 Å². The number of rotatable bonds is 29. The Morgan fingerprint density at radius 3 is 1.72 bits per heavy atom. The monoisotopic (exact) mass is 666 g/mol. The van der Waals surface area contributed by atoms with Gasteiger partial charge in [-0.3, -0.25) is 14.4 Å². The van der Waals surface area contributed by atoms with Crippen LogP contribution < -0.4 is 16.8 Å². The van der Waals surface area contributed by atoms with Crippen LogP contribution in [0.3, 0.4) is 0 Å². The van der Waals surface area contributed by atoms with E-state index in [1.165, 1.54) is 70.6 Å². The SMILES string of the molecule is CCCCCCCCCCCCCCCC(=O)N[C@H]1C[C@@H](C(=O)N(CCCN(C)C)CCCN(C)C)N(C(=O)[C@H](N)CCCCN)C1. The molecule has 5 N–H and O–H groups in total. The van der Waals surface area contributed by atoms with Crippen LogP contribution in [0.1, 0.15) is 135 Å². The standard InChI is InChI=1S/C37H75N7O3/c1-6-7-8-9-10-11-12-13-14-15-16-17-18-24-35(45)40-32-30-34(44(31-32)36(46)33(39)23-19-20-25-38)37(47)43(28-21-26-41(2)3)29-22-27-42(4)5/h32-34H,6-31,38-39H2,1-5H3,(H,40,45)/t32-,33+,34-/m0/s1. The van der Waals surface area contributed by atoms with Crippen molar-refractivity contribution in [3.63, 3.8) is 0 Å². The lowest BCUT2D eigenvalue weighted by Crippen LogP contribution is -2.52. The fraction of sp³-hybridized carbons (Fsp3) is 0.919. The lowest BCUT2D eigenvalue weighted by atomic mass is 10.0. The first-order chi connectivity index (χ1) is 22.6. The number of amides is 3. The van der Waals surface area contributed by atoms with Crippen molar-refractivity contribution >= 4 is 17.7 Å². The molecule has 1 heterocycles. The molecule has 0 aromatic rings. The van der Waals surface area contributed by atoms with E-state index in [0.29, 0.717) is 45.4 Å². The van der Waals surface area contributed by atoms with Crippen molar-refractivity contribution in [2.24, 2.45) is 11.5 Å². The molecule has 0 bridgehead atoms. The molecule has 0 radical (unpaired) electrons. The van der Waals surface area contributed by atoms with Gasteiger partial charge in [0.2, 0.25) is 17.7 Å². The summed E-state index contributed by atoms with van der Waals surface area (Å²) in [5.41, 5.74) is 12.0. The quantitative estimate of drug-likeness (QED) is 0.0985. The van der Waals surface area contributed by atoms with E-state index in [4.69, 9.17) is 11.5 Å². The summed E-state index contributed by atoms with van der Waals surface area (Å²) in [6.45, 7) is 6.20. The largest absolute Gasteiger partial charge is 0.351 e. The molecule has 1 aliphatic rings. The van der Waals surface area contributed by atoms with E-state index in [9.17, 15) is 14.4 Å². The van der Waals surface area contributed by atoms with Gasteiger partial charge in [-0.25, -0.2) is 0 Å². The van der Waals surface area contributed by atoms with E-state index < -0.39 is 12.1 Å². The lowest BCUT2D eigenvalue weighted by Gasteiger charge is -2.32. The second-order valence-corrected chi connectivity index (χ2v) is 14.5. The molecule has 0 spiro atoms. The highest BCUT2D eigenvalue weighted by Crippen LogP contribution is 2.23. The van der Waals surface area contributed by atoms with Gasteiger partial charge in [-0.15, -0.1) is 0 Å². The zero-order valence-electron chi connectivity index (χ0n) is 31.3. The summed E-state index contributed by atoms with van der Waals surface area (Å²) in [4.78, 5) is 48.5. The number of nitrogens with zero attached hydrogens (tertiary/aromatic N) is 4. The van der Waals surface area contributed by atoms with Gasteiger partial charge in [0, 0.05) is 32.1 Å². The van der Waals surface area contributed by atoms with E-state index in [-0.39, 0.29) is 23.8 Å². The smallest absolute Gasteiger partial charge is 0.245 e. The van der Waals surface area contributed by atoms with Crippen molar-refractivity contribution in [1.82, 2.24) is 24.9 Å². The van der Waals surface area contributed by atoms with Crippen LogP contribution in [-0.2, 0) is 14.4 Å². The molecule has 0 aromatic heterocycles. The van der Waals surface area contributed by atoms with Gasteiger partial charge >= 0.3 is 0 Å². The first kappa shape index (κ1) is 43.3. The van der Waals surface area contributed by atoms with Gasteiger partial charge in [-0.1, -0.05) is 90.4 Å². The predicted molar refractivity (Wildman–Crippen MR) is 196 cm³/mol. The number of likely N-dealkylation sites (tertiary alicyclic amines) is 1. The highest BCUT2D eigenvalue weighted by atomic mass is 16.2. The molecule has 3 atom stereocenters. The molecule has 10 nitrogen and oxygen atoms in total. The van der Waals surface area contributed by atoms with Crippen molar-refractivity contribution < 1.29 is 14.4 Å². The van der Waals surface area contributed by atoms with Gasteiger partial charge in [-0.2, -0.15) is 0 Å². The summed E-state index contributed by atoms with van der Waals surface area (Å²) in [5, 5.41) is 3.16. The summed E-state index contributed by atoms with van der Waals surface area (Å²) in [7, 11) is 8.14. The van der Waals surface area contributed by atoms with Crippen LogP contribution >= 0.6 is 0 Å². The zero-order chi connectivity index (χ0) is 34.9. The predicted octanol–water partition coefficient (Wildman–Crippen LogP) is 4.74. The maximum absolute atomic E-state index is 14.1. The molecule has 3 amide bonds. The molecule has 0 unspecified atom stereocenters. The molecular formula is C37H75N7O3. The number of carbonyl (C=O) groups excluding carboxylic acids is 3. The third-order valence-electron chi connectivity index (χ3n) is 9.41. The second kappa shape index (κ2) is 27.1. The molecule has 10 heteroatoms. The van der Waals surface area contributed by atoms with E-state index in [0.717, 1.165) is 51.6 Å². The summed E-state index contributed by atoms with van der Waals surface area (Å²) < 4.78 is 0. The molecule has 276 valence electrons. The maximum Gasteiger partial charge on any atom is 0.245 e. The molecule has 1 saturated heterocycles. The number of hydrogen-bond donors (Lipinski definition) is 3. The summed E-state index contributed by atoms with van der Waals surface area (Å²) in [5.74, 6) is -0.215. The Morgan fingerprint density at radius 2 is 1.23 bits per heavy atom. The number of nitrogens with two attached hydrogens (primary N) is 2. The van der Waals surface area contributed by atoms with Crippen LogP contribution in [0, 0.1) is 0 Å². The van der Waals surface area contributed by atoms with Gasteiger partial charge in [0.1, 0.15) is 6.04 Å². The molecule has 47 heavy (non-hydrogen) atoms. The van der Waals surface area contributed by atoms with Crippen molar-refractivity contribution in [1.29, 1.82) is 0 Å². The Morgan fingerprint density at radius 1 is 0.723 bits per heavy atom. The summed E-state index contributed by atoms with van der Waals surface area (Å²) in [6, 6.07) is -1.53. The van der Waals surface area contributed by atoms with Crippen molar-refractivity contribution in [2.75, 3.05) is 67.5 Å². The van der Waals surface area contributed by atoms with Gasteiger partial charge in [-0.05, 0) is 86.3 Å². The molecule has 0 aliphatic carbocycles. The third kappa shape index (κ3) is 20.4. The molecule has 1 aliphatic heterocycles. The number of hydrogen-bond acceptors (Lipinski definition) is 7. The van der Waals surface area contributed by atoms with E-state index >= 15 is 0 Å². The molecule has 0 saturated carbocycles.